The van der Waals surface area contributed by atoms with E-state index in [1.807, 2.05) is 0 Å². The van der Waals surface area contributed by atoms with Crippen molar-refractivity contribution in [2.75, 3.05) is 12.3 Å². The van der Waals surface area contributed by atoms with Gasteiger partial charge in [-0.15, -0.1) is 0 Å². The zero-order valence-electron chi connectivity index (χ0n) is 22.6. The third-order valence-electron chi connectivity index (χ3n) is 6.73. The average Bonchev–Trinajstić information content (AvgIpc) is 3.34. The van der Waals surface area contributed by atoms with Gasteiger partial charge in [0.1, 0.15) is 24.8 Å². The number of aromatic nitrogens is 2. The molecule has 0 saturated carbocycles. The van der Waals surface area contributed by atoms with Crippen molar-refractivity contribution in [2.45, 2.75) is 50.7 Å². The van der Waals surface area contributed by atoms with Gasteiger partial charge in [-0.2, -0.15) is 4.98 Å². The molecule has 1 saturated heterocycles. The lowest BCUT2D eigenvalue weighted by atomic mass is 9.94. The summed E-state index contributed by atoms with van der Waals surface area (Å²) in [5.41, 5.74) is 5.26. The van der Waals surface area contributed by atoms with Crippen LogP contribution in [0.25, 0.3) is 0 Å². The maximum atomic E-state index is 12.9. The number of nitrogens with two attached hydrogens (primary N) is 1. The predicted octanol–water partition coefficient (Wildman–Crippen LogP) is 2.53. The molecule has 2 heterocycles. The number of ketones is 2. The first-order chi connectivity index (χ1) is 20.0. The Hall–Kier alpha value is -4.95. The van der Waals surface area contributed by atoms with Gasteiger partial charge >= 0.3 is 11.8 Å². The molecule has 0 aliphatic carbocycles. The van der Waals surface area contributed by atoms with Crippen molar-refractivity contribution in [3.05, 3.63) is 98.1 Å². The van der Waals surface area contributed by atoms with E-state index in [1.54, 1.807) is 37.3 Å². The number of carbonyl (C=O) groups is 3. The van der Waals surface area contributed by atoms with E-state index in [0.717, 1.165) is 11.5 Å². The SMILES string of the molecule is CC(=O)C(OC(=O)OCC(C)c1cc(C(=O)c2ccccc2)ccc1[N+](=O)[O-])[C@H]1O[C@@H](n2ccc(N)nc2=O)C[C@@H]1O. The van der Waals surface area contributed by atoms with Crippen LogP contribution in [0.2, 0.25) is 0 Å². The van der Waals surface area contributed by atoms with Crippen molar-refractivity contribution >= 4 is 29.2 Å². The van der Waals surface area contributed by atoms with Gasteiger partial charge in [0.15, 0.2) is 17.7 Å². The molecule has 1 fully saturated rings. The number of aliphatic hydroxyl groups is 1. The molecule has 5 atom stereocenters. The molecule has 0 radical (unpaired) electrons. The molecule has 3 N–H and O–H groups in total. The van der Waals surface area contributed by atoms with E-state index in [2.05, 4.69) is 4.98 Å². The molecule has 2 aromatic carbocycles. The molecule has 4 rings (SSSR count). The Bertz CT molecular complexity index is 1560. The molecule has 14 nitrogen and oxygen atoms in total. The molecule has 14 heteroatoms. The predicted molar refractivity (Wildman–Crippen MR) is 146 cm³/mol. The topological polar surface area (TPSA) is 203 Å². The number of nitro benzene ring substituents is 1. The molecular formula is C28H28N4O10. The fourth-order valence-electron chi connectivity index (χ4n) is 4.58. The van der Waals surface area contributed by atoms with Crippen LogP contribution in [0.15, 0.2) is 65.6 Å². The average molecular weight is 581 g/mol. The van der Waals surface area contributed by atoms with E-state index in [9.17, 15) is 34.4 Å². The number of rotatable bonds is 10. The van der Waals surface area contributed by atoms with Gasteiger partial charge in [-0.05, 0) is 25.1 Å². The van der Waals surface area contributed by atoms with Crippen molar-refractivity contribution in [3.8, 4) is 0 Å². The first-order valence-electron chi connectivity index (χ1n) is 12.9. The first kappa shape index (κ1) is 30.0. The van der Waals surface area contributed by atoms with Crippen molar-refractivity contribution in [1.82, 2.24) is 9.55 Å². The number of nitrogen functional groups attached to an aromatic ring is 1. The number of ether oxygens (including phenoxy) is 3. The minimum atomic E-state index is -1.58. The number of aliphatic hydroxyl groups excluding tert-OH is 1. The normalized spacial score (nSPS) is 19.5. The van der Waals surface area contributed by atoms with Crippen molar-refractivity contribution in [1.29, 1.82) is 0 Å². The van der Waals surface area contributed by atoms with Crippen LogP contribution < -0.4 is 11.4 Å². The van der Waals surface area contributed by atoms with Gasteiger partial charge in [-0.1, -0.05) is 37.3 Å². The van der Waals surface area contributed by atoms with Gasteiger partial charge in [0.05, 0.1) is 11.0 Å². The van der Waals surface area contributed by atoms with Gasteiger partial charge in [-0.3, -0.25) is 24.3 Å². The highest BCUT2D eigenvalue weighted by atomic mass is 16.7. The quantitative estimate of drug-likeness (QED) is 0.154. The molecule has 220 valence electrons. The summed E-state index contributed by atoms with van der Waals surface area (Å²) in [6.07, 6.45) is -5.24. The lowest BCUT2D eigenvalue weighted by Gasteiger charge is -2.24. The van der Waals surface area contributed by atoms with Crippen LogP contribution in [0, 0.1) is 10.1 Å². The highest BCUT2D eigenvalue weighted by Gasteiger charge is 2.44. The fourth-order valence-corrected chi connectivity index (χ4v) is 4.58. The summed E-state index contributed by atoms with van der Waals surface area (Å²) in [6, 6.07) is 13.7. The Morgan fingerprint density at radius 1 is 1.19 bits per heavy atom. The van der Waals surface area contributed by atoms with E-state index in [0.29, 0.717) is 5.56 Å². The fraction of sp³-hybridized carbons (Fsp3) is 0.321. The Morgan fingerprint density at radius 2 is 1.90 bits per heavy atom. The van der Waals surface area contributed by atoms with Crippen LogP contribution in [-0.4, -0.2) is 62.2 Å². The lowest BCUT2D eigenvalue weighted by Crippen LogP contribution is -2.43. The van der Waals surface area contributed by atoms with Crippen LogP contribution in [-0.2, 0) is 19.0 Å². The summed E-state index contributed by atoms with van der Waals surface area (Å²) >= 11 is 0. The first-order valence-corrected chi connectivity index (χ1v) is 12.9. The second-order valence-corrected chi connectivity index (χ2v) is 9.74. The van der Waals surface area contributed by atoms with Crippen LogP contribution in [0.5, 0.6) is 0 Å². The van der Waals surface area contributed by atoms with Gasteiger partial charge in [0.25, 0.3) is 5.69 Å². The third kappa shape index (κ3) is 6.67. The highest BCUT2D eigenvalue weighted by molar-refractivity contribution is 6.09. The van der Waals surface area contributed by atoms with Crippen LogP contribution >= 0.6 is 0 Å². The third-order valence-corrected chi connectivity index (χ3v) is 6.73. The molecule has 1 aromatic heterocycles. The summed E-state index contributed by atoms with van der Waals surface area (Å²) in [6.45, 7) is 2.29. The van der Waals surface area contributed by atoms with Gasteiger partial charge in [-0.25, -0.2) is 9.59 Å². The summed E-state index contributed by atoms with van der Waals surface area (Å²) in [5, 5.41) is 22.2. The van der Waals surface area contributed by atoms with E-state index in [-0.39, 0.29) is 34.8 Å². The number of Topliss-reactive ketones (excluding diaryl/α,β-unsaturated/α-hetero) is 1. The Labute approximate surface area is 238 Å². The molecular weight excluding hydrogens is 552 g/mol. The molecule has 0 amide bonds. The Kier molecular flexibility index (Phi) is 9.08. The second kappa shape index (κ2) is 12.7. The second-order valence-electron chi connectivity index (χ2n) is 9.74. The van der Waals surface area contributed by atoms with E-state index >= 15 is 0 Å². The van der Waals surface area contributed by atoms with Crippen LogP contribution in [0.4, 0.5) is 16.3 Å². The van der Waals surface area contributed by atoms with Gasteiger partial charge in [0.2, 0.25) is 0 Å². The number of benzene rings is 2. The van der Waals surface area contributed by atoms with Gasteiger partial charge < -0.3 is 25.1 Å². The van der Waals surface area contributed by atoms with Crippen LogP contribution in [0.1, 0.15) is 53.9 Å². The van der Waals surface area contributed by atoms with Crippen LogP contribution in [0.3, 0.4) is 0 Å². The molecule has 2 unspecified atom stereocenters. The minimum Gasteiger partial charge on any atom is -0.434 e. The zero-order chi connectivity index (χ0) is 30.6. The number of nitrogens with zero attached hydrogens (tertiary/aromatic N) is 3. The van der Waals surface area contributed by atoms with Gasteiger partial charge in [0, 0.05) is 41.3 Å². The molecule has 1 aliphatic heterocycles. The lowest BCUT2D eigenvalue weighted by molar-refractivity contribution is -0.385. The summed E-state index contributed by atoms with van der Waals surface area (Å²) in [5.74, 6) is -1.75. The molecule has 3 aromatic rings. The molecule has 0 bridgehead atoms. The number of nitro groups is 1. The highest BCUT2D eigenvalue weighted by Crippen LogP contribution is 2.32. The van der Waals surface area contributed by atoms with Crippen molar-refractivity contribution in [2.24, 2.45) is 0 Å². The number of carbonyl (C=O) groups excluding carboxylic acids is 3. The monoisotopic (exact) mass is 580 g/mol. The van der Waals surface area contributed by atoms with E-state index < -0.39 is 59.6 Å². The summed E-state index contributed by atoms with van der Waals surface area (Å²) in [4.78, 5) is 64.6. The largest absolute Gasteiger partial charge is 0.509 e. The summed E-state index contributed by atoms with van der Waals surface area (Å²) < 4.78 is 17.1. The smallest absolute Gasteiger partial charge is 0.434 e. The van der Waals surface area contributed by atoms with E-state index in [1.165, 1.54) is 30.5 Å². The van der Waals surface area contributed by atoms with Crippen molar-refractivity contribution < 1.29 is 38.6 Å². The zero-order valence-corrected chi connectivity index (χ0v) is 22.6. The number of hydrogen-bond donors (Lipinski definition) is 2. The van der Waals surface area contributed by atoms with E-state index in [4.69, 9.17) is 19.9 Å². The number of hydrogen-bond acceptors (Lipinski definition) is 12. The maximum Gasteiger partial charge on any atom is 0.509 e. The summed E-state index contributed by atoms with van der Waals surface area (Å²) in [7, 11) is 0. The van der Waals surface area contributed by atoms with Crippen molar-refractivity contribution in [3.63, 3.8) is 0 Å². The Morgan fingerprint density at radius 3 is 2.55 bits per heavy atom. The Balaban J connectivity index is 1.44. The minimum absolute atomic E-state index is 0.00637. The molecule has 1 aliphatic rings. The molecule has 0 spiro atoms. The standard InChI is InChI=1S/C28H28N4O10/c1-15(19-12-18(8-9-20(19)32(38)39)24(35)17-6-4-3-5-7-17)14-40-28(37)42-25(16(2)33)26-21(34)13-23(41-26)31-11-10-22(29)30-27(31)36/h3-12,15,21,23,25-26,34H,13-14H2,1-2H3,(H2,29,30,36)/t15?,21-,23+,25?,26-/m0/s1. The number of anilines is 1. The maximum absolute atomic E-state index is 12.9. The molecule has 42 heavy (non-hydrogen) atoms.